The zero-order valence-corrected chi connectivity index (χ0v) is 21.6. The molecule has 0 aromatic carbocycles. The molecule has 1 unspecified atom stereocenters. The molecule has 0 spiro atoms. The molecule has 0 fully saturated rings. The van der Waals surface area contributed by atoms with Crippen molar-refractivity contribution in [2.24, 2.45) is 0 Å². The van der Waals surface area contributed by atoms with Crippen LogP contribution in [0.2, 0.25) is 0 Å². The van der Waals surface area contributed by atoms with Crippen LogP contribution in [0.4, 0.5) is 0 Å². The minimum absolute atomic E-state index is 0. The molecule has 0 aromatic heterocycles. The molecule has 3 N–H and O–H groups in total. The first-order valence-electron chi connectivity index (χ1n) is 4.97. The monoisotopic (exact) mass is 400 g/mol. The molecule has 0 saturated carbocycles. The van der Waals surface area contributed by atoms with Gasteiger partial charge in [0.1, 0.15) is 0 Å². The summed E-state index contributed by atoms with van der Waals surface area (Å²) < 4.78 is 23.7. The summed E-state index contributed by atoms with van der Waals surface area (Å²) in [6.07, 6.45) is 3.19. The fourth-order valence-electron chi connectivity index (χ4n) is 0.959. The van der Waals surface area contributed by atoms with Gasteiger partial charge in [0.2, 0.25) is 0 Å². The molecule has 6 nitrogen and oxygen atoms in total. The molecule has 0 heterocycles. The number of hydrogen-bond donors (Lipinski definition) is 3. The molecule has 13 heteroatoms. The maximum atomic E-state index is 11.5. The summed E-state index contributed by atoms with van der Waals surface area (Å²) in [5.74, 6) is 0. The van der Waals surface area contributed by atoms with Crippen LogP contribution in [0.3, 0.4) is 0 Å². The fourth-order valence-corrected chi connectivity index (χ4v) is 3.27. The summed E-state index contributed by atoms with van der Waals surface area (Å²) >= 11 is 10.4. The Morgan fingerprint density at radius 1 is 1.05 bits per heavy atom. The SMILES string of the molecule is CCCCCCOP(=O)(O)C(Cl)(Cl)P(=O)(O)O.[H-].[H-].[H-].[Na+].[Na+].[Na+]. The molecule has 0 saturated heterocycles. The van der Waals surface area contributed by atoms with Gasteiger partial charge in [-0.1, -0.05) is 49.4 Å². The zero-order chi connectivity index (χ0) is 13.7. The molecule has 0 aromatic rings. The molecule has 110 valence electrons. The second-order valence-electron chi connectivity index (χ2n) is 3.47. The molecule has 0 rings (SSSR count). The molecule has 0 amide bonds. The predicted octanol–water partition coefficient (Wildman–Crippen LogP) is -5.62. The van der Waals surface area contributed by atoms with Gasteiger partial charge in [-0.05, 0) is 6.42 Å². The van der Waals surface area contributed by atoms with E-state index in [1.165, 1.54) is 0 Å². The first kappa shape index (κ1) is 31.6. The van der Waals surface area contributed by atoms with Crippen LogP contribution in [0.1, 0.15) is 36.9 Å². The smallest absolute Gasteiger partial charge is 1.00 e. The van der Waals surface area contributed by atoms with Crippen molar-refractivity contribution in [2.75, 3.05) is 6.61 Å². The molecule has 0 radical (unpaired) electrons. The van der Waals surface area contributed by atoms with Gasteiger partial charge in [-0.25, -0.2) is 0 Å². The summed E-state index contributed by atoms with van der Waals surface area (Å²) in [6.45, 7) is 1.86. The third-order valence-corrected chi connectivity index (χ3v) is 8.01. The van der Waals surface area contributed by atoms with E-state index in [0.29, 0.717) is 6.42 Å². The number of alkyl halides is 2. The van der Waals surface area contributed by atoms with Crippen molar-refractivity contribution in [3.63, 3.8) is 0 Å². The second kappa shape index (κ2) is 14.1. The van der Waals surface area contributed by atoms with Crippen LogP contribution in [-0.2, 0) is 13.7 Å². The minimum Gasteiger partial charge on any atom is -1.00 e. The Balaban J connectivity index is -0.0000000853. The largest absolute Gasteiger partial charge is 1.00 e. The first-order chi connectivity index (χ1) is 7.56. The fraction of sp³-hybridized carbons (Fsp3) is 1.00. The average Bonchev–Trinajstić information content (AvgIpc) is 2.15. The van der Waals surface area contributed by atoms with Crippen molar-refractivity contribution in [1.29, 1.82) is 0 Å². The summed E-state index contributed by atoms with van der Waals surface area (Å²) in [4.78, 5) is 26.8. The van der Waals surface area contributed by atoms with Crippen molar-refractivity contribution < 1.29 is 121 Å². The molecule has 0 bridgehead atoms. The van der Waals surface area contributed by atoms with E-state index in [4.69, 9.17) is 33.0 Å². The predicted molar refractivity (Wildman–Crippen MR) is 69.7 cm³/mol. The van der Waals surface area contributed by atoms with Gasteiger partial charge in [0.15, 0.2) is 0 Å². The van der Waals surface area contributed by atoms with Gasteiger partial charge < -0.3 is 23.5 Å². The number of halogens is 2. The Kier molecular flexibility index (Phi) is 22.3. The van der Waals surface area contributed by atoms with Gasteiger partial charge in [-0.2, -0.15) is 0 Å². The van der Waals surface area contributed by atoms with Crippen LogP contribution in [0.25, 0.3) is 0 Å². The molecule has 20 heavy (non-hydrogen) atoms. The Labute approximate surface area is 200 Å². The van der Waals surface area contributed by atoms with Gasteiger partial charge in [0.25, 0.3) is 0 Å². The molecule has 1 atom stereocenters. The summed E-state index contributed by atoms with van der Waals surface area (Å²) in [6, 6.07) is 0. The molecular formula is C7H19Cl2Na3O6P2. The number of rotatable bonds is 8. The zero-order valence-electron chi connectivity index (χ0n) is 15.3. The van der Waals surface area contributed by atoms with Gasteiger partial charge in [0, 0.05) is 0 Å². The van der Waals surface area contributed by atoms with E-state index in [9.17, 15) is 14.0 Å². The van der Waals surface area contributed by atoms with Crippen LogP contribution in [0.15, 0.2) is 0 Å². The Bertz CT molecular complexity index is 353. The topological polar surface area (TPSA) is 104 Å². The third kappa shape index (κ3) is 10.7. The van der Waals surface area contributed by atoms with Gasteiger partial charge in [-0.15, -0.1) is 0 Å². The van der Waals surface area contributed by atoms with Crippen molar-refractivity contribution in [2.45, 2.75) is 36.4 Å². The molecular weight excluding hydrogens is 382 g/mol. The van der Waals surface area contributed by atoms with Crippen LogP contribution < -0.4 is 88.7 Å². The number of hydrogen-bond acceptors (Lipinski definition) is 3. The van der Waals surface area contributed by atoms with E-state index in [2.05, 4.69) is 4.52 Å². The van der Waals surface area contributed by atoms with Gasteiger partial charge in [0.05, 0.1) is 6.61 Å². The van der Waals surface area contributed by atoms with E-state index in [1.54, 1.807) is 0 Å². The summed E-state index contributed by atoms with van der Waals surface area (Å²) in [5.41, 5.74) is 0. The summed E-state index contributed by atoms with van der Waals surface area (Å²) in [5, 5.41) is 0. The maximum absolute atomic E-state index is 11.5. The van der Waals surface area contributed by atoms with Crippen LogP contribution in [-0.4, -0.2) is 25.1 Å². The average molecular weight is 401 g/mol. The minimum atomic E-state index is -5.16. The molecule has 0 aliphatic carbocycles. The Morgan fingerprint density at radius 3 is 1.85 bits per heavy atom. The van der Waals surface area contributed by atoms with Crippen molar-refractivity contribution in [3.05, 3.63) is 0 Å². The van der Waals surface area contributed by atoms with Gasteiger partial charge >= 0.3 is 108 Å². The van der Waals surface area contributed by atoms with Crippen molar-refractivity contribution >= 4 is 38.4 Å². The Morgan fingerprint density at radius 2 is 1.50 bits per heavy atom. The number of unbranched alkanes of at least 4 members (excludes halogenated alkanes) is 3. The summed E-state index contributed by atoms with van der Waals surface area (Å²) in [7, 11) is -9.96. The van der Waals surface area contributed by atoms with E-state index >= 15 is 0 Å². The van der Waals surface area contributed by atoms with E-state index in [1.807, 2.05) is 6.92 Å². The first-order valence-corrected chi connectivity index (χ1v) is 8.91. The van der Waals surface area contributed by atoms with Crippen LogP contribution in [0.5, 0.6) is 0 Å². The van der Waals surface area contributed by atoms with E-state index in [-0.39, 0.29) is 99.6 Å². The van der Waals surface area contributed by atoms with Crippen LogP contribution in [0, 0.1) is 0 Å². The van der Waals surface area contributed by atoms with Crippen molar-refractivity contribution in [1.82, 2.24) is 0 Å². The maximum Gasteiger partial charge on any atom is 1.00 e. The normalized spacial score (nSPS) is 14.3. The van der Waals surface area contributed by atoms with E-state index in [0.717, 1.165) is 19.3 Å². The van der Waals surface area contributed by atoms with Crippen LogP contribution >= 0.6 is 38.4 Å². The van der Waals surface area contributed by atoms with Crippen molar-refractivity contribution in [3.8, 4) is 0 Å². The second-order valence-corrected chi connectivity index (χ2v) is 9.93. The third-order valence-electron chi connectivity index (χ3n) is 1.95. The standard InChI is InChI=1S/C7H16Cl2O6P2.3Na.3H/c1-2-3-4-5-6-15-17(13,14)7(8,9)16(10,11)12;;;;;;/h2-6H2,1H3,(H,13,14)(H2,10,11,12);;;;;;/q;3*+1;3*-1. The Hall–Kier alpha value is 3.88. The quantitative estimate of drug-likeness (QED) is 0.162. The molecule has 0 aliphatic heterocycles. The van der Waals surface area contributed by atoms with Gasteiger partial charge in [-0.3, -0.25) is 9.13 Å². The molecule has 0 aliphatic rings. The van der Waals surface area contributed by atoms with E-state index < -0.39 is 19.0 Å².